The molecule has 1 aliphatic heterocycles. The molecule has 1 aliphatic rings. The Hall–Kier alpha value is -1.82. The molecule has 0 aromatic heterocycles. The zero-order chi connectivity index (χ0) is 26.0. The van der Waals surface area contributed by atoms with Gasteiger partial charge in [-0.3, -0.25) is 0 Å². The van der Waals surface area contributed by atoms with E-state index in [1.807, 2.05) is 13.8 Å². The van der Waals surface area contributed by atoms with Crippen LogP contribution in [-0.4, -0.2) is 78.7 Å². The fraction of sp³-hybridized carbons (Fsp3) is 0.538. The lowest BCUT2D eigenvalue weighted by atomic mass is 10.2. The molecule has 1 fully saturated rings. The highest BCUT2D eigenvalue weighted by Crippen LogP contribution is 2.22. The second-order valence-corrected chi connectivity index (χ2v) is 13.6. The Morgan fingerprint density at radius 1 is 0.667 bits per heavy atom. The van der Waals surface area contributed by atoms with Crippen molar-refractivity contribution in [3.8, 4) is 0 Å². The van der Waals surface area contributed by atoms with Crippen LogP contribution in [-0.2, 0) is 19.9 Å². The minimum atomic E-state index is -3.88. The summed E-state index contributed by atoms with van der Waals surface area (Å²) in [5, 5.41) is 9.12. The van der Waals surface area contributed by atoms with Crippen molar-refractivity contribution in [2.45, 2.75) is 48.2 Å². The van der Waals surface area contributed by atoms with E-state index in [-0.39, 0.29) is 29.4 Å². The van der Waals surface area contributed by atoms with Gasteiger partial charge in [0, 0.05) is 19.6 Å². The summed E-state index contributed by atoms with van der Waals surface area (Å²) in [7, 11) is -7.65. The Kier molecular flexibility index (Phi) is 10.9. The van der Waals surface area contributed by atoms with Gasteiger partial charge in [-0.1, -0.05) is 35.4 Å². The molecule has 2 aromatic rings. The second kappa shape index (κ2) is 13.6. The maximum atomic E-state index is 13.7. The number of benzene rings is 2. The molecule has 0 aliphatic carbocycles. The summed E-state index contributed by atoms with van der Waals surface area (Å²) in [5.41, 5.74) is 1.93. The Morgan fingerprint density at radius 3 is 1.69 bits per heavy atom. The Morgan fingerprint density at radius 2 is 1.14 bits per heavy atom. The summed E-state index contributed by atoms with van der Waals surface area (Å²) in [6.07, 6.45) is 2.44. The molecule has 1 heterocycles. The van der Waals surface area contributed by atoms with E-state index in [1.54, 1.807) is 48.5 Å². The molecule has 0 spiro atoms. The van der Waals surface area contributed by atoms with Crippen LogP contribution in [0.15, 0.2) is 58.3 Å². The summed E-state index contributed by atoms with van der Waals surface area (Å²) in [4.78, 5) is 0.395. The van der Waals surface area contributed by atoms with Gasteiger partial charge in [0.1, 0.15) is 0 Å². The van der Waals surface area contributed by atoms with Crippen LogP contribution < -0.4 is 16.0 Å². The lowest BCUT2D eigenvalue weighted by molar-refractivity contribution is 0.387. The summed E-state index contributed by atoms with van der Waals surface area (Å²) in [5.74, 6) is 0. The maximum Gasteiger partial charge on any atom is 0.243 e. The summed E-state index contributed by atoms with van der Waals surface area (Å²) >= 11 is 0. The zero-order valence-corrected chi connectivity index (χ0v) is 23.0. The highest BCUT2D eigenvalue weighted by Gasteiger charge is 2.34. The third-order valence-corrected chi connectivity index (χ3v) is 10.4. The molecule has 0 radical (unpaired) electrons. The van der Waals surface area contributed by atoms with Gasteiger partial charge in [0.2, 0.25) is 10.0 Å². The van der Waals surface area contributed by atoms with E-state index < -0.39 is 25.1 Å². The van der Waals surface area contributed by atoms with E-state index in [9.17, 15) is 16.8 Å². The van der Waals surface area contributed by atoms with Crippen molar-refractivity contribution in [1.29, 1.82) is 0 Å². The van der Waals surface area contributed by atoms with Crippen LogP contribution in [0.2, 0.25) is 0 Å². The molecule has 0 bridgehead atoms. The van der Waals surface area contributed by atoms with Crippen molar-refractivity contribution in [2.75, 3.05) is 52.4 Å². The molecule has 1 saturated heterocycles. The number of sulfone groups is 1. The molecule has 1 atom stereocenters. The van der Waals surface area contributed by atoms with Gasteiger partial charge in [0.05, 0.1) is 15.0 Å². The molecule has 3 N–H and O–H groups in total. The minimum Gasteiger partial charge on any atom is -0.317 e. The van der Waals surface area contributed by atoms with Gasteiger partial charge in [-0.05, 0) is 90.1 Å². The van der Waals surface area contributed by atoms with Crippen LogP contribution in [0.4, 0.5) is 0 Å². The number of sulfonamides is 1. The van der Waals surface area contributed by atoms with E-state index in [0.717, 1.165) is 43.6 Å². The number of hydrogen-bond acceptors (Lipinski definition) is 7. The number of hydrogen-bond donors (Lipinski definition) is 3. The van der Waals surface area contributed by atoms with Crippen LogP contribution in [0.25, 0.3) is 0 Å². The molecule has 0 amide bonds. The zero-order valence-electron chi connectivity index (χ0n) is 21.4. The highest BCUT2D eigenvalue weighted by molar-refractivity contribution is 7.92. The quantitative estimate of drug-likeness (QED) is 0.549. The molecule has 3 rings (SSSR count). The van der Waals surface area contributed by atoms with Gasteiger partial charge >= 0.3 is 0 Å². The third kappa shape index (κ3) is 8.09. The predicted molar refractivity (Wildman–Crippen MR) is 145 cm³/mol. The SMILES string of the molecule is Cc1ccc(S(=O)(=O)C2CNCCCNCCCNCCCN(S(=O)(=O)c3ccc(C)cc3)C2)cc1. The first-order chi connectivity index (χ1) is 17.2. The van der Waals surface area contributed by atoms with Crippen LogP contribution in [0.5, 0.6) is 0 Å². The third-order valence-electron chi connectivity index (χ3n) is 6.40. The van der Waals surface area contributed by atoms with Gasteiger partial charge in [0.15, 0.2) is 9.84 Å². The van der Waals surface area contributed by atoms with E-state index in [4.69, 9.17) is 0 Å². The molecule has 36 heavy (non-hydrogen) atoms. The van der Waals surface area contributed by atoms with E-state index in [1.165, 1.54) is 4.31 Å². The summed E-state index contributed by atoms with van der Waals surface area (Å²) in [6, 6.07) is 13.5. The van der Waals surface area contributed by atoms with E-state index in [2.05, 4.69) is 16.0 Å². The first kappa shape index (κ1) is 28.7. The number of nitrogens with one attached hydrogen (secondary N) is 3. The normalized spacial score (nSPS) is 20.7. The van der Waals surface area contributed by atoms with Crippen molar-refractivity contribution in [3.05, 3.63) is 59.7 Å². The average Bonchev–Trinajstić information content (AvgIpc) is 2.84. The fourth-order valence-electron chi connectivity index (χ4n) is 4.16. The fourth-order valence-corrected chi connectivity index (χ4v) is 7.39. The van der Waals surface area contributed by atoms with Crippen LogP contribution in [0.3, 0.4) is 0 Å². The Balaban J connectivity index is 1.93. The minimum absolute atomic E-state index is 0.113. The number of aryl methyl sites for hydroxylation is 2. The number of rotatable bonds is 4. The monoisotopic (exact) mass is 536 g/mol. The molecule has 1 unspecified atom stereocenters. The highest BCUT2D eigenvalue weighted by atomic mass is 32.2. The number of nitrogens with zero attached hydrogens (tertiary/aromatic N) is 1. The smallest absolute Gasteiger partial charge is 0.243 e. The molecule has 200 valence electrons. The maximum absolute atomic E-state index is 13.7. The molecule has 0 saturated carbocycles. The topological polar surface area (TPSA) is 108 Å². The summed E-state index contributed by atoms with van der Waals surface area (Å²) < 4.78 is 56.1. The Labute approximate surface area is 216 Å². The van der Waals surface area contributed by atoms with Gasteiger partial charge in [0.25, 0.3) is 0 Å². The van der Waals surface area contributed by atoms with Crippen molar-refractivity contribution >= 4 is 19.9 Å². The van der Waals surface area contributed by atoms with Gasteiger partial charge in [-0.15, -0.1) is 0 Å². The average molecular weight is 537 g/mol. The van der Waals surface area contributed by atoms with Crippen molar-refractivity contribution in [1.82, 2.24) is 20.3 Å². The van der Waals surface area contributed by atoms with Gasteiger partial charge in [-0.25, -0.2) is 16.8 Å². The molecule has 2 aromatic carbocycles. The molecular weight excluding hydrogens is 496 g/mol. The van der Waals surface area contributed by atoms with Crippen molar-refractivity contribution < 1.29 is 16.8 Å². The second-order valence-electron chi connectivity index (χ2n) is 9.42. The van der Waals surface area contributed by atoms with Crippen LogP contribution >= 0.6 is 0 Å². The molecule has 10 heteroatoms. The van der Waals surface area contributed by atoms with Crippen LogP contribution in [0, 0.1) is 13.8 Å². The lowest BCUT2D eigenvalue weighted by Gasteiger charge is -2.28. The predicted octanol–water partition coefficient (Wildman–Crippen LogP) is 2.09. The van der Waals surface area contributed by atoms with E-state index >= 15 is 0 Å². The summed E-state index contributed by atoms with van der Waals surface area (Å²) in [6.45, 7) is 8.02. The molecule has 8 nitrogen and oxygen atoms in total. The lowest BCUT2D eigenvalue weighted by Crippen LogP contribution is -2.46. The largest absolute Gasteiger partial charge is 0.317 e. The van der Waals surface area contributed by atoms with Gasteiger partial charge in [-0.2, -0.15) is 4.31 Å². The first-order valence-electron chi connectivity index (χ1n) is 12.7. The van der Waals surface area contributed by atoms with Crippen LogP contribution in [0.1, 0.15) is 30.4 Å². The van der Waals surface area contributed by atoms with E-state index in [0.29, 0.717) is 19.5 Å². The van der Waals surface area contributed by atoms with Crippen molar-refractivity contribution in [3.63, 3.8) is 0 Å². The Bertz CT molecular complexity index is 1060. The first-order valence-corrected chi connectivity index (χ1v) is 15.7. The van der Waals surface area contributed by atoms with Crippen molar-refractivity contribution in [2.24, 2.45) is 0 Å². The molecular formula is C26H40N4O4S2. The van der Waals surface area contributed by atoms with Gasteiger partial charge < -0.3 is 16.0 Å². The standard InChI is InChI=1S/C26H40N4O4S2/c1-22-6-10-24(11-7-22)35(31,32)26-20-29-17-4-16-27-14-3-15-28-18-5-19-30(21-26)36(33,34)25-12-8-23(2)9-13-25/h6-13,26-29H,3-5,14-21H2,1-2H3.